The van der Waals surface area contributed by atoms with Gasteiger partial charge in [0.25, 0.3) is 0 Å². The van der Waals surface area contributed by atoms with Gasteiger partial charge in [0, 0.05) is 12.5 Å². The van der Waals surface area contributed by atoms with Crippen LogP contribution in [0.25, 0.3) is 0 Å². The lowest BCUT2D eigenvalue weighted by Gasteiger charge is -2.11. The Bertz CT molecular complexity index is 523. The number of nitrogens with zero attached hydrogens (tertiary/aromatic N) is 3. The van der Waals surface area contributed by atoms with E-state index < -0.39 is 6.04 Å². The predicted molar refractivity (Wildman–Crippen MR) is 64.2 cm³/mol. The summed E-state index contributed by atoms with van der Waals surface area (Å²) in [4.78, 5) is 0. The Kier molecular flexibility index (Phi) is 5.19. The standard InChI is InChI=1S/C13H12N4O/c14-5-4-13(17)12-8-11(18-7-6-15)3-1-2-10(12)9-16/h1-2,8,13H,3-4,7,17H2. The van der Waals surface area contributed by atoms with Gasteiger partial charge in [0.2, 0.25) is 0 Å². The maximum absolute atomic E-state index is 9.05. The third-order valence-electron chi connectivity index (χ3n) is 2.38. The van der Waals surface area contributed by atoms with E-state index in [0.717, 1.165) is 0 Å². The summed E-state index contributed by atoms with van der Waals surface area (Å²) in [5, 5.41) is 26.2. The Morgan fingerprint density at radius 2 is 2.11 bits per heavy atom. The van der Waals surface area contributed by atoms with Crippen molar-refractivity contribution in [2.24, 2.45) is 5.73 Å². The van der Waals surface area contributed by atoms with Crippen molar-refractivity contribution in [3.05, 3.63) is 35.1 Å². The molecule has 0 aliphatic heterocycles. The number of nitriles is 3. The van der Waals surface area contributed by atoms with Crippen LogP contribution in [0.4, 0.5) is 0 Å². The average Bonchev–Trinajstić information content (AvgIpc) is 2.58. The van der Waals surface area contributed by atoms with Gasteiger partial charge in [-0.25, -0.2) is 0 Å². The van der Waals surface area contributed by atoms with E-state index in [4.69, 9.17) is 26.3 Å². The molecule has 1 aliphatic rings. The minimum absolute atomic E-state index is 0.0532. The fraction of sp³-hybridized carbons (Fsp3) is 0.308. The van der Waals surface area contributed by atoms with E-state index in [-0.39, 0.29) is 13.0 Å². The predicted octanol–water partition coefficient (Wildman–Crippen LogP) is 1.43. The van der Waals surface area contributed by atoms with Crippen molar-refractivity contribution < 1.29 is 4.74 Å². The Hall–Kier alpha value is -2.55. The number of hydrogen-bond donors (Lipinski definition) is 1. The molecular formula is C13H12N4O. The van der Waals surface area contributed by atoms with Gasteiger partial charge in [0.1, 0.15) is 11.8 Å². The van der Waals surface area contributed by atoms with Crippen molar-refractivity contribution in [2.45, 2.75) is 18.9 Å². The molecule has 0 saturated carbocycles. The molecule has 0 radical (unpaired) electrons. The van der Waals surface area contributed by atoms with E-state index in [1.165, 1.54) is 0 Å². The molecule has 18 heavy (non-hydrogen) atoms. The van der Waals surface area contributed by atoms with Crippen molar-refractivity contribution in [3.63, 3.8) is 0 Å². The zero-order chi connectivity index (χ0) is 13.4. The molecule has 1 unspecified atom stereocenters. The van der Waals surface area contributed by atoms with Crippen LogP contribution in [0.5, 0.6) is 0 Å². The maximum Gasteiger partial charge on any atom is 0.174 e. The Labute approximate surface area is 106 Å². The van der Waals surface area contributed by atoms with E-state index in [2.05, 4.69) is 0 Å². The van der Waals surface area contributed by atoms with Gasteiger partial charge in [-0.05, 0) is 17.7 Å². The topological polar surface area (TPSA) is 107 Å². The molecule has 1 aliphatic carbocycles. The number of ether oxygens (including phenoxy) is 1. The molecule has 0 fully saturated rings. The van der Waals surface area contributed by atoms with Crippen LogP contribution < -0.4 is 5.73 Å². The first kappa shape index (κ1) is 13.5. The molecule has 0 bridgehead atoms. The van der Waals surface area contributed by atoms with Gasteiger partial charge in [0.05, 0.1) is 24.1 Å². The van der Waals surface area contributed by atoms with Gasteiger partial charge >= 0.3 is 0 Å². The normalized spacial score (nSPS) is 15.8. The first-order chi connectivity index (χ1) is 8.72. The highest BCUT2D eigenvalue weighted by atomic mass is 16.5. The van der Waals surface area contributed by atoms with Crippen molar-refractivity contribution in [1.82, 2.24) is 0 Å². The number of nitrogens with two attached hydrogens (primary N) is 1. The summed E-state index contributed by atoms with van der Waals surface area (Å²) < 4.78 is 5.23. The molecule has 1 rings (SSSR count). The molecule has 2 N–H and O–H groups in total. The highest BCUT2D eigenvalue weighted by Crippen LogP contribution is 2.21. The molecule has 0 heterocycles. The van der Waals surface area contributed by atoms with Crippen LogP contribution in [0, 0.1) is 34.0 Å². The number of hydrogen-bond acceptors (Lipinski definition) is 5. The number of rotatable bonds is 4. The van der Waals surface area contributed by atoms with Crippen LogP contribution in [-0.2, 0) is 4.74 Å². The van der Waals surface area contributed by atoms with E-state index in [9.17, 15) is 0 Å². The van der Waals surface area contributed by atoms with Gasteiger partial charge in [0.15, 0.2) is 6.61 Å². The molecule has 5 nitrogen and oxygen atoms in total. The Morgan fingerprint density at radius 1 is 1.33 bits per heavy atom. The van der Waals surface area contributed by atoms with E-state index in [1.807, 2.05) is 18.2 Å². The molecule has 5 heteroatoms. The molecule has 0 aromatic rings. The SMILES string of the molecule is N#CCOC1=CC(C(N)CC#N)=C(C#N)C=CC1. The highest BCUT2D eigenvalue weighted by Gasteiger charge is 2.15. The summed E-state index contributed by atoms with van der Waals surface area (Å²) in [6, 6.07) is 5.36. The third kappa shape index (κ3) is 3.49. The lowest BCUT2D eigenvalue weighted by atomic mass is 9.99. The molecule has 0 saturated heterocycles. The zero-order valence-corrected chi connectivity index (χ0v) is 9.76. The summed E-state index contributed by atoms with van der Waals surface area (Å²) in [6.45, 7) is -0.0532. The lowest BCUT2D eigenvalue weighted by Crippen LogP contribution is -2.22. The van der Waals surface area contributed by atoms with Crippen molar-refractivity contribution in [2.75, 3.05) is 6.61 Å². The smallest absolute Gasteiger partial charge is 0.174 e. The van der Waals surface area contributed by atoms with E-state index in [1.54, 1.807) is 18.2 Å². The van der Waals surface area contributed by atoms with Crippen LogP contribution in [-0.4, -0.2) is 12.6 Å². The second kappa shape index (κ2) is 6.91. The summed E-state index contributed by atoms with van der Waals surface area (Å²) in [7, 11) is 0. The van der Waals surface area contributed by atoms with Crippen LogP contribution in [0.15, 0.2) is 35.1 Å². The fourth-order valence-corrected chi connectivity index (χ4v) is 1.54. The molecule has 0 amide bonds. The minimum atomic E-state index is -0.534. The molecule has 0 aromatic carbocycles. The molecule has 0 aromatic heterocycles. The first-order valence-corrected chi connectivity index (χ1v) is 5.36. The first-order valence-electron chi connectivity index (χ1n) is 5.36. The molecule has 0 spiro atoms. The van der Waals surface area contributed by atoms with Crippen LogP contribution >= 0.6 is 0 Å². The maximum atomic E-state index is 9.05. The minimum Gasteiger partial charge on any atom is -0.483 e. The largest absolute Gasteiger partial charge is 0.483 e. The van der Waals surface area contributed by atoms with Crippen molar-refractivity contribution >= 4 is 0 Å². The molecule has 1 atom stereocenters. The van der Waals surface area contributed by atoms with Gasteiger partial charge < -0.3 is 10.5 Å². The Balaban J connectivity index is 3.07. The van der Waals surface area contributed by atoms with Gasteiger partial charge in [-0.1, -0.05) is 6.08 Å². The summed E-state index contributed by atoms with van der Waals surface area (Å²) in [5.74, 6) is 0.571. The zero-order valence-electron chi connectivity index (χ0n) is 9.76. The second-order valence-electron chi connectivity index (χ2n) is 3.61. The van der Waals surface area contributed by atoms with Crippen molar-refractivity contribution in [1.29, 1.82) is 15.8 Å². The number of allylic oxidation sites excluding steroid dienone is 3. The summed E-state index contributed by atoms with van der Waals surface area (Å²) >= 11 is 0. The van der Waals surface area contributed by atoms with Crippen LogP contribution in [0.3, 0.4) is 0 Å². The summed E-state index contributed by atoms with van der Waals surface area (Å²) in [5.41, 5.74) is 6.85. The van der Waals surface area contributed by atoms with Crippen LogP contribution in [0.2, 0.25) is 0 Å². The van der Waals surface area contributed by atoms with Crippen LogP contribution in [0.1, 0.15) is 12.8 Å². The summed E-state index contributed by atoms with van der Waals surface area (Å²) in [6.07, 6.45) is 5.70. The van der Waals surface area contributed by atoms with Gasteiger partial charge in [-0.3, -0.25) is 0 Å². The molecular weight excluding hydrogens is 228 g/mol. The highest BCUT2D eigenvalue weighted by molar-refractivity contribution is 5.48. The quantitative estimate of drug-likeness (QED) is 0.799. The molecule has 90 valence electrons. The third-order valence-corrected chi connectivity index (χ3v) is 2.38. The van der Waals surface area contributed by atoms with Gasteiger partial charge in [-0.15, -0.1) is 0 Å². The average molecular weight is 240 g/mol. The monoisotopic (exact) mass is 240 g/mol. The second-order valence-corrected chi connectivity index (χ2v) is 3.61. The lowest BCUT2D eigenvalue weighted by molar-refractivity contribution is 0.246. The van der Waals surface area contributed by atoms with E-state index >= 15 is 0 Å². The van der Waals surface area contributed by atoms with E-state index in [0.29, 0.717) is 23.3 Å². The fourth-order valence-electron chi connectivity index (χ4n) is 1.54. The van der Waals surface area contributed by atoms with Gasteiger partial charge in [-0.2, -0.15) is 15.8 Å². The van der Waals surface area contributed by atoms with Crippen molar-refractivity contribution in [3.8, 4) is 18.2 Å². The Morgan fingerprint density at radius 3 is 2.72 bits per heavy atom.